The van der Waals surface area contributed by atoms with Crippen LogP contribution in [-0.4, -0.2) is 62.8 Å². The molecule has 0 saturated carbocycles. The van der Waals surface area contributed by atoms with Gasteiger partial charge in [-0.1, -0.05) is 12.1 Å². The van der Waals surface area contributed by atoms with Gasteiger partial charge in [0.1, 0.15) is 17.5 Å². The van der Waals surface area contributed by atoms with Crippen LogP contribution in [-0.2, 0) is 27.2 Å². The highest BCUT2D eigenvalue weighted by atomic mass is 19.4. The predicted molar refractivity (Wildman–Crippen MR) is 123 cm³/mol. The molecule has 1 aromatic carbocycles. The van der Waals surface area contributed by atoms with Crippen LogP contribution >= 0.6 is 0 Å². The number of nitrogens with zero attached hydrogens (tertiary/aromatic N) is 3. The molecule has 2 heterocycles. The fourth-order valence-electron chi connectivity index (χ4n) is 3.42. The Bertz CT molecular complexity index is 1450. The Morgan fingerprint density at radius 1 is 1.07 bits per heavy atom. The Morgan fingerprint density at radius 3 is 2.15 bits per heavy atom. The average Bonchev–Trinajstić information content (AvgIpc) is 3.36. The van der Waals surface area contributed by atoms with Crippen molar-refractivity contribution in [2.24, 2.45) is 0 Å². The summed E-state index contributed by atoms with van der Waals surface area (Å²) in [4.78, 5) is 34.2. The van der Waals surface area contributed by atoms with Gasteiger partial charge in [-0.25, -0.2) is 19.4 Å². The molecule has 212 valence electrons. The highest BCUT2D eigenvalue weighted by Crippen LogP contribution is 2.40. The number of alkyl halides is 6. The van der Waals surface area contributed by atoms with Crippen molar-refractivity contribution in [3.8, 4) is 28.5 Å². The van der Waals surface area contributed by atoms with E-state index < -0.39 is 30.3 Å². The molecule has 0 atom stereocenters. The summed E-state index contributed by atoms with van der Waals surface area (Å²) in [5, 5.41) is 31.0. The van der Waals surface area contributed by atoms with Crippen LogP contribution in [0.2, 0.25) is 0 Å². The Hall–Kier alpha value is -5.14. The van der Waals surface area contributed by atoms with Gasteiger partial charge >= 0.3 is 30.3 Å². The number of halogens is 6. The number of pyridine rings is 1. The number of anilines is 1. The van der Waals surface area contributed by atoms with E-state index >= 15 is 0 Å². The minimum atomic E-state index is -5.08. The lowest BCUT2D eigenvalue weighted by Crippen LogP contribution is -2.21. The number of carbonyl (C=O) groups excluding carboxylic acids is 1. The quantitative estimate of drug-likeness (QED) is 0.259. The number of H-pyrrole nitrogens is 1. The minimum absolute atomic E-state index is 0.166. The number of benzene rings is 1. The molecule has 40 heavy (non-hydrogen) atoms. The third-order valence-electron chi connectivity index (χ3n) is 5.09. The molecule has 17 heteroatoms. The van der Waals surface area contributed by atoms with E-state index in [-0.39, 0.29) is 5.82 Å². The number of esters is 1. The van der Waals surface area contributed by atoms with Gasteiger partial charge in [0.25, 0.3) is 0 Å². The van der Waals surface area contributed by atoms with Gasteiger partial charge in [0.05, 0.1) is 24.6 Å². The van der Waals surface area contributed by atoms with E-state index in [1.807, 2.05) is 6.07 Å². The highest BCUT2D eigenvalue weighted by Gasteiger charge is 2.39. The van der Waals surface area contributed by atoms with Crippen LogP contribution in [0.5, 0.6) is 0 Å². The van der Waals surface area contributed by atoms with Crippen molar-refractivity contribution >= 4 is 23.7 Å². The SMILES string of the molecule is COC(=O)c1cccc(-c2c(C#N)c(N)nc3c2CCc2[nH]ncc2-3)c1.O=C(O)C(F)(F)F.O=C(O)C(F)(F)F. The van der Waals surface area contributed by atoms with E-state index in [1.54, 1.807) is 24.4 Å². The van der Waals surface area contributed by atoms with Crippen molar-refractivity contribution in [3.05, 3.63) is 52.8 Å². The van der Waals surface area contributed by atoms with Crippen molar-refractivity contribution in [2.45, 2.75) is 25.2 Å². The van der Waals surface area contributed by atoms with Gasteiger partial charge in [-0.15, -0.1) is 0 Å². The molecule has 1 aliphatic carbocycles. The molecule has 0 aliphatic heterocycles. The second kappa shape index (κ2) is 12.1. The lowest BCUT2D eigenvalue weighted by Gasteiger charge is -2.21. The number of aryl methyl sites for hydroxylation is 1. The van der Waals surface area contributed by atoms with E-state index in [1.165, 1.54) is 7.11 Å². The topological polar surface area (TPSA) is 192 Å². The number of ether oxygens (including phenoxy) is 1. The van der Waals surface area contributed by atoms with E-state index in [0.717, 1.165) is 34.5 Å². The Labute approximate surface area is 219 Å². The molecule has 5 N–H and O–H groups in total. The predicted octanol–water partition coefficient (Wildman–Crippen LogP) is 3.74. The monoisotopic (exact) mass is 573 g/mol. The van der Waals surface area contributed by atoms with E-state index in [0.29, 0.717) is 23.1 Å². The summed E-state index contributed by atoms with van der Waals surface area (Å²) in [5.74, 6) is -5.78. The first-order valence-electron chi connectivity index (χ1n) is 10.6. The molecule has 0 bridgehead atoms. The normalized spacial score (nSPS) is 11.8. The second-order valence-corrected chi connectivity index (χ2v) is 7.63. The van der Waals surface area contributed by atoms with E-state index in [9.17, 15) is 36.4 Å². The summed E-state index contributed by atoms with van der Waals surface area (Å²) < 4.78 is 68.3. The molecule has 4 rings (SSSR count). The molecule has 0 unspecified atom stereocenters. The zero-order chi connectivity index (χ0) is 30.4. The molecule has 1 aliphatic rings. The number of methoxy groups -OCH3 is 1. The molecule has 0 spiro atoms. The molecule has 0 saturated heterocycles. The number of hydrogen-bond acceptors (Lipinski definition) is 8. The number of aliphatic carboxylic acids is 2. The summed E-state index contributed by atoms with van der Waals surface area (Å²) in [6, 6.07) is 9.17. The molecular formula is C23H17F6N5O6. The van der Waals surface area contributed by atoms with Gasteiger partial charge < -0.3 is 20.7 Å². The van der Waals surface area contributed by atoms with Gasteiger partial charge in [0, 0.05) is 16.8 Å². The van der Waals surface area contributed by atoms with Crippen molar-refractivity contribution in [2.75, 3.05) is 12.8 Å². The number of fused-ring (bicyclic) bond motifs is 3. The number of nitriles is 1. The smallest absolute Gasteiger partial charge is 0.475 e. The number of aromatic nitrogens is 3. The lowest BCUT2D eigenvalue weighted by atomic mass is 9.85. The van der Waals surface area contributed by atoms with Crippen LogP contribution in [0.15, 0.2) is 30.5 Å². The highest BCUT2D eigenvalue weighted by molar-refractivity contribution is 5.93. The molecule has 0 radical (unpaired) electrons. The van der Waals surface area contributed by atoms with Crippen LogP contribution in [0.3, 0.4) is 0 Å². The second-order valence-electron chi connectivity index (χ2n) is 7.63. The Balaban J connectivity index is 0.000000333. The fourth-order valence-corrected chi connectivity index (χ4v) is 3.42. The average molecular weight is 573 g/mol. The molecular weight excluding hydrogens is 556 g/mol. The standard InChI is InChI=1S/C19H15N5O2.2C2HF3O2/c1-26-19(25)11-4-2-3-10(7-11)16-12-5-6-15-14(9-22-24-15)17(12)23-18(21)13(16)8-20;2*3-2(4,5)1(6)7/h2-4,7,9H,5-6H2,1H3,(H2,21,23)(H,22,24);2*(H,6,7). The summed E-state index contributed by atoms with van der Waals surface area (Å²) in [7, 11) is 1.34. The zero-order valence-electron chi connectivity index (χ0n) is 20.0. The number of nitrogens with one attached hydrogen (secondary N) is 1. The van der Waals surface area contributed by atoms with Gasteiger partial charge in [-0.05, 0) is 36.1 Å². The Morgan fingerprint density at radius 2 is 1.65 bits per heavy atom. The number of rotatable bonds is 2. The van der Waals surface area contributed by atoms with Crippen LogP contribution in [0, 0.1) is 11.3 Å². The Kier molecular flexibility index (Phi) is 9.44. The number of carboxylic acids is 2. The number of nitrogen functional groups attached to an aromatic ring is 1. The van der Waals surface area contributed by atoms with Crippen LogP contribution < -0.4 is 5.73 Å². The minimum Gasteiger partial charge on any atom is -0.475 e. The van der Waals surface area contributed by atoms with Crippen molar-refractivity contribution in [3.63, 3.8) is 0 Å². The number of carboxylic acid groups (broad SMARTS) is 2. The van der Waals surface area contributed by atoms with Gasteiger partial charge in [-0.2, -0.15) is 36.7 Å². The third-order valence-corrected chi connectivity index (χ3v) is 5.09. The first-order valence-corrected chi connectivity index (χ1v) is 10.6. The summed E-state index contributed by atoms with van der Waals surface area (Å²) in [5.41, 5.74) is 11.8. The largest absolute Gasteiger partial charge is 0.490 e. The fraction of sp³-hybridized carbons (Fsp3) is 0.217. The van der Waals surface area contributed by atoms with Gasteiger partial charge in [0.15, 0.2) is 0 Å². The molecule has 11 nitrogen and oxygen atoms in total. The van der Waals surface area contributed by atoms with Gasteiger partial charge in [0.2, 0.25) is 0 Å². The number of nitrogens with two attached hydrogens (primary N) is 1. The summed E-state index contributed by atoms with van der Waals surface area (Å²) in [6.45, 7) is 0. The summed E-state index contributed by atoms with van der Waals surface area (Å²) >= 11 is 0. The summed E-state index contributed by atoms with van der Waals surface area (Å²) in [6.07, 6.45) is -6.98. The van der Waals surface area contributed by atoms with E-state index in [2.05, 4.69) is 21.3 Å². The van der Waals surface area contributed by atoms with Gasteiger partial charge in [-0.3, -0.25) is 5.10 Å². The molecule has 0 fully saturated rings. The maximum Gasteiger partial charge on any atom is 0.490 e. The number of aromatic amines is 1. The van der Waals surface area contributed by atoms with Crippen molar-refractivity contribution < 1.29 is 55.7 Å². The number of carbonyl (C=O) groups is 3. The van der Waals surface area contributed by atoms with Crippen LogP contribution in [0.25, 0.3) is 22.4 Å². The lowest BCUT2D eigenvalue weighted by molar-refractivity contribution is -0.193. The molecule has 0 amide bonds. The van der Waals surface area contributed by atoms with Crippen LogP contribution in [0.4, 0.5) is 32.2 Å². The first kappa shape index (κ1) is 31.1. The molecule has 2 aromatic heterocycles. The van der Waals surface area contributed by atoms with Crippen molar-refractivity contribution in [1.29, 1.82) is 5.26 Å². The van der Waals surface area contributed by atoms with Crippen LogP contribution in [0.1, 0.15) is 27.2 Å². The molecule has 3 aromatic rings. The maximum atomic E-state index is 11.9. The third kappa shape index (κ3) is 7.24. The van der Waals surface area contributed by atoms with Crippen molar-refractivity contribution in [1.82, 2.24) is 15.2 Å². The first-order chi connectivity index (χ1) is 18.5. The maximum absolute atomic E-state index is 11.9. The number of hydrogen-bond donors (Lipinski definition) is 4. The zero-order valence-corrected chi connectivity index (χ0v) is 20.0. The van der Waals surface area contributed by atoms with E-state index in [4.69, 9.17) is 30.3 Å².